The molecule has 1 rings (SSSR count). The van der Waals surface area contributed by atoms with Crippen LogP contribution in [0.25, 0.3) is 0 Å². The second-order valence-electron chi connectivity index (χ2n) is 4.30. The Bertz CT molecular complexity index is 297. The molecule has 0 amide bonds. The molecule has 0 aliphatic carbocycles. The summed E-state index contributed by atoms with van der Waals surface area (Å²) in [5.41, 5.74) is 1.12. The summed E-state index contributed by atoms with van der Waals surface area (Å²) in [7, 11) is 0. The monoisotopic (exact) mass is 239 g/mol. The van der Waals surface area contributed by atoms with Gasteiger partial charge in [0.15, 0.2) is 0 Å². The lowest BCUT2D eigenvalue weighted by atomic mass is 9.97. The highest BCUT2D eigenvalue weighted by molar-refractivity contribution is 7.98. The minimum atomic E-state index is 0.244. The molecule has 0 saturated heterocycles. The van der Waals surface area contributed by atoms with E-state index in [2.05, 4.69) is 49.7 Å². The molecule has 0 spiro atoms. The fourth-order valence-electron chi connectivity index (χ4n) is 1.47. The molecule has 16 heavy (non-hydrogen) atoms. The van der Waals surface area contributed by atoms with Gasteiger partial charge >= 0.3 is 0 Å². The molecular formula is C13H21NOS. The molecule has 1 aromatic carbocycles. The van der Waals surface area contributed by atoms with Gasteiger partial charge in [-0.05, 0) is 36.4 Å². The maximum Gasteiger partial charge on any atom is 0.0478 e. The van der Waals surface area contributed by atoms with Crippen LogP contribution < -0.4 is 5.32 Å². The maximum absolute atomic E-state index is 9.21. The lowest BCUT2D eigenvalue weighted by Gasteiger charge is -2.19. The van der Waals surface area contributed by atoms with E-state index >= 15 is 0 Å². The van der Waals surface area contributed by atoms with Crippen molar-refractivity contribution in [2.75, 3.05) is 24.7 Å². The first-order valence-corrected chi connectivity index (χ1v) is 6.88. The summed E-state index contributed by atoms with van der Waals surface area (Å²) in [4.78, 5) is 1.27. The molecule has 0 aromatic heterocycles. The minimum absolute atomic E-state index is 0.244. The number of hydrogen-bond donors (Lipinski definition) is 2. The van der Waals surface area contributed by atoms with E-state index in [4.69, 9.17) is 0 Å². The van der Waals surface area contributed by atoms with Crippen LogP contribution in [-0.2, 0) is 0 Å². The second kappa shape index (κ2) is 6.81. The lowest BCUT2D eigenvalue weighted by Crippen LogP contribution is -2.22. The standard InChI is InChI=1S/C13H21NOS/c1-10(2)11(9-15)8-14-12-4-6-13(16-3)7-5-12/h4-7,10-11,14-15H,8-9H2,1-3H3. The van der Waals surface area contributed by atoms with Gasteiger partial charge in [-0.15, -0.1) is 11.8 Å². The van der Waals surface area contributed by atoms with Crippen LogP contribution in [0.4, 0.5) is 5.69 Å². The van der Waals surface area contributed by atoms with Crippen LogP contribution in [0.1, 0.15) is 13.8 Å². The molecule has 0 saturated carbocycles. The van der Waals surface area contributed by atoms with Crippen molar-refractivity contribution in [1.29, 1.82) is 0 Å². The van der Waals surface area contributed by atoms with Crippen molar-refractivity contribution in [1.82, 2.24) is 0 Å². The second-order valence-corrected chi connectivity index (χ2v) is 5.18. The SMILES string of the molecule is CSc1ccc(NCC(CO)C(C)C)cc1. The van der Waals surface area contributed by atoms with Crippen molar-refractivity contribution in [3.63, 3.8) is 0 Å². The average Bonchev–Trinajstić information content (AvgIpc) is 2.30. The Labute approximate surface area is 102 Å². The highest BCUT2D eigenvalue weighted by atomic mass is 32.2. The summed E-state index contributed by atoms with van der Waals surface area (Å²) in [6, 6.07) is 8.38. The number of benzene rings is 1. The first-order valence-electron chi connectivity index (χ1n) is 5.66. The molecule has 0 bridgehead atoms. The fourth-order valence-corrected chi connectivity index (χ4v) is 1.88. The predicted octanol–water partition coefficient (Wildman–Crippen LogP) is 3.08. The number of aliphatic hydroxyl groups excluding tert-OH is 1. The van der Waals surface area contributed by atoms with Gasteiger partial charge in [0.2, 0.25) is 0 Å². The van der Waals surface area contributed by atoms with E-state index in [9.17, 15) is 5.11 Å². The third kappa shape index (κ3) is 4.06. The highest BCUT2D eigenvalue weighted by Gasteiger charge is 2.11. The van der Waals surface area contributed by atoms with Crippen molar-refractivity contribution in [3.8, 4) is 0 Å². The zero-order chi connectivity index (χ0) is 12.0. The van der Waals surface area contributed by atoms with E-state index < -0.39 is 0 Å². The third-order valence-corrected chi connectivity index (χ3v) is 3.58. The van der Waals surface area contributed by atoms with Gasteiger partial charge in [-0.3, -0.25) is 0 Å². The predicted molar refractivity (Wildman–Crippen MR) is 72.1 cm³/mol. The van der Waals surface area contributed by atoms with Crippen molar-refractivity contribution in [3.05, 3.63) is 24.3 Å². The van der Waals surface area contributed by atoms with Crippen LogP contribution in [0.3, 0.4) is 0 Å². The zero-order valence-electron chi connectivity index (χ0n) is 10.2. The van der Waals surface area contributed by atoms with Gasteiger partial charge in [0.25, 0.3) is 0 Å². The molecule has 0 aliphatic rings. The molecule has 2 nitrogen and oxygen atoms in total. The van der Waals surface area contributed by atoms with Gasteiger partial charge in [-0.2, -0.15) is 0 Å². The first-order chi connectivity index (χ1) is 7.67. The van der Waals surface area contributed by atoms with Gasteiger partial charge in [-0.25, -0.2) is 0 Å². The maximum atomic E-state index is 9.21. The Morgan fingerprint density at radius 2 is 1.88 bits per heavy atom. The molecule has 3 heteroatoms. The Morgan fingerprint density at radius 3 is 2.31 bits per heavy atom. The normalized spacial score (nSPS) is 12.8. The van der Waals surface area contributed by atoms with Crippen LogP contribution in [0.5, 0.6) is 0 Å². The summed E-state index contributed by atoms with van der Waals surface area (Å²) < 4.78 is 0. The van der Waals surface area contributed by atoms with E-state index in [1.54, 1.807) is 11.8 Å². The Morgan fingerprint density at radius 1 is 1.25 bits per heavy atom. The van der Waals surface area contributed by atoms with Gasteiger partial charge in [0.1, 0.15) is 0 Å². The number of anilines is 1. The summed E-state index contributed by atoms with van der Waals surface area (Å²) in [6.07, 6.45) is 2.07. The summed E-state index contributed by atoms with van der Waals surface area (Å²) >= 11 is 1.74. The van der Waals surface area contributed by atoms with E-state index in [1.165, 1.54) is 4.90 Å². The largest absolute Gasteiger partial charge is 0.396 e. The van der Waals surface area contributed by atoms with Crippen LogP contribution >= 0.6 is 11.8 Å². The molecule has 0 radical (unpaired) electrons. The van der Waals surface area contributed by atoms with Crippen LogP contribution in [-0.4, -0.2) is 24.5 Å². The van der Waals surface area contributed by atoms with Crippen LogP contribution in [0, 0.1) is 11.8 Å². The topological polar surface area (TPSA) is 32.3 Å². The molecule has 2 N–H and O–H groups in total. The lowest BCUT2D eigenvalue weighted by molar-refractivity contribution is 0.198. The van der Waals surface area contributed by atoms with Gasteiger partial charge in [0.05, 0.1) is 0 Å². The Hall–Kier alpha value is -0.670. The molecule has 1 atom stereocenters. The fraction of sp³-hybridized carbons (Fsp3) is 0.538. The van der Waals surface area contributed by atoms with Crippen molar-refractivity contribution in [2.45, 2.75) is 18.7 Å². The number of hydrogen-bond acceptors (Lipinski definition) is 3. The van der Waals surface area contributed by atoms with Crippen molar-refractivity contribution < 1.29 is 5.11 Å². The number of nitrogens with one attached hydrogen (secondary N) is 1. The molecule has 1 unspecified atom stereocenters. The zero-order valence-corrected chi connectivity index (χ0v) is 11.1. The summed E-state index contributed by atoms with van der Waals surface area (Å²) in [6.45, 7) is 5.35. The molecule has 90 valence electrons. The molecule has 0 heterocycles. The number of rotatable bonds is 6. The molecular weight excluding hydrogens is 218 g/mol. The summed E-state index contributed by atoms with van der Waals surface area (Å²) in [5.74, 6) is 0.822. The number of aliphatic hydroxyl groups is 1. The van der Waals surface area contributed by atoms with E-state index in [0.29, 0.717) is 11.8 Å². The van der Waals surface area contributed by atoms with Crippen LogP contribution in [0.2, 0.25) is 0 Å². The Kier molecular flexibility index (Phi) is 5.71. The third-order valence-electron chi connectivity index (χ3n) is 2.84. The highest BCUT2D eigenvalue weighted by Crippen LogP contribution is 2.18. The minimum Gasteiger partial charge on any atom is -0.396 e. The molecule has 1 aromatic rings. The number of thioether (sulfide) groups is 1. The van der Waals surface area contributed by atoms with Crippen molar-refractivity contribution in [2.24, 2.45) is 11.8 Å². The van der Waals surface area contributed by atoms with Gasteiger partial charge < -0.3 is 10.4 Å². The van der Waals surface area contributed by atoms with Gasteiger partial charge in [0, 0.05) is 29.7 Å². The van der Waals surface area contributed by atoms with Gasteiger partial charge in [-0.1, -0.05) is 13.8 Å². The van der Waals surface area contributed by atoms with E-state index in [-0.39, 0.29) is 6.61 Å². The smallest absolute Gasteiger partial charge is 0.0478 e. The van der Waals surface area contributed by atoms with E-state index in [1.807, 2.05) is 0 Å². The van der Waals surface area contributed by atoms with Crippen LogP contribution in [0.15, 0.2) is 29.2 Å². The van der Waals surface area contributed by atoms with E-state index in [0.717, 1.165) is 12.2 Å². The average molecular weight is 239 g/mol. The molecule has 0 fully saturated rings. The molecule has 0 aliphatic heterocycles. The van der Waals surface area contributed by atoms with Crippen molar-refractivity contribution >= 4 is 17.4 Å². The summed E-state index contributed by atoms with van der Waals surface area (Å²) in [5, 5.41) is 12.6. The first kappa shape index (κ1) is 13.4. The Balaban J connectivity index is 2.47. The quantitative estimate of drug-likeness (QED) is 0.748.